The smallest absolute Gasteiger partial charge is 0.225 e. The van der Waals surface area contributed by atoms with E-state index in [-0.39, 0.29) is 0 Å². The Labute approximate surface area is 96.1 Å². The van der Waals surface area contributed by atoms with Crippen molar-refractivity contribution in [3.8, 4) is 0 Å². The monoisotopic (exact) mass is 259 g/mol. The molecule has 92 valence electrons. The predicted molar refractivity (Wildman–Crippen MR) is 59.6 cm³/mol. The fourth-order valence-electron chi connectivity index (χ4n) is 0.840. The predicted octanol–water partition coefficient (Wildman–Crippen LogP) is 0.545. The fourth-order valence-corrected chi connectivity index (χ4v) is 1.60. The first-order valence-corrected chi connectivity index (χ1v) is 6.91. The number of hydrogen-bond donors (Lipinski definition) is 1. The van der Waals surface area contributed by atoms with Gasteiger partial charge in [-0.3, -0.25) is 0 Å². The van der Waals surface area contributed by atoms with Gasteiger partial charge >= 0.3 is 0 Å². The van der Waals surface area contributed by atoms with Crippen LogP contribution in [-0.2, 0) is 19.5 Å². The summed E-state index contributed by atoms with van der Waals surface area (Å²) >= 11 is 5.20. The summed E-state index contributed by atoms with van der Waals surface area (Å²) in [7, 11) is -1.65. The summed E-state index contributed by atoms with van der Waals surface area (Å²) in [6, 6.07) is 0. The van der Waals surface area contributed by atoms with E-state index >= 15 is 0 Å². The maximum absolute atomic E-state index is 10.9. The summed E-state index contributed by atoms with van der Waals surface area (Å²) in [5, 5.41) is -0.392. The number of methoxy groups -OCH3 is 1. The van der Waals surface area contributed by atoms with Crippen molar-refractivity contribution in [2.24, 2.45) is 0 Å². The molecule has 0 aromatic carbocycles. The minimum Gasteiger partial charge on any atom is -0.382 e. The third-order valence-electron chi connectivity index (χ3n) is 1.61. The lowest BCUT2D eigenvalue weighted by Gasteiger charge is -2.04. The van der Waals surface area contributed by atoms with Crippen LogP contribution >= 0.6 is 11.6 Å². The molecule has 15 heavy (non-hydrogen) atoms. The van der Waals surface area contributed by atoms with Crippen molar-refractivity contribution in [2.75, 3.05) is 38.7 Å². The SMILES string of the molecule is COCCOCCCCNS(=O)(=O)CCl. The second-order valence-electron chi connectivity index (χ2n) is 2.93. The molecule has 1 N–H and O–H groups in total. The van der Waals surface area contributed by atoms with Crippen molar-refractivity contribution in [1.82, 2.24) is 4.72 Å². The number of halogens is 1. The van der Waals surface area contributed by atoms with E-state index in [0.29, 0.717) is 26.4 Å². The first-order chi connectivity index (χ1) is 7.12. The summed E-state index contributed by atoms with van der Waals surface area (Å²) < 4.78 is 34.1. The van der Waals surface area contributed by atoms with Gasteiger partial charge in [0.05, 0.1) is 13.2 Å². The second-order valence-corrected chi connectivity index (χ2v) is 5.32. The second kappa shape index (κ2) is 9.35. The Kier molecular flexibility index (Phi) is 9.43. The number of alkyl halides is 1. The first-order valence-electron chi connectivity index (χ1n) is 4.72. The van der Waals surface area contributed by atoms with E-state index in [1.165, 1.54) is 0 Å². The molecule has 0 rings (SSSR count). The average Bonchev–Trinajstić information content (AvgIpc) is 2.22. The molecule has 0 saturated carbocycles. The van der Waals surface area contributed by atoms with Crippen molar-refractivity contribution in [2.45, 2.75) is 12.8 Å². The van der Waals surface area contributed by atoms with E-state index in [2.05, 4.69) is 4.72 Å². The Morgan fingerprint density at radius 2 is 1.93 bits per heavy atom. The molecule has 0 aromatic heterocycles. The lowest BCUT2D eigenvalue weighted by atomic mass is 10.3. The summed E-state index contributed by atoms with van der Waals surface area (Å²) in [5.41, 5.74) is 0. The molecule has 0 unspecified atom stereocenters. The topological polar surface area (TPSA) is 64.6 Å². The van der Waals surface area contributed by atoms with Crippen LogP contribution in [0.2, 0.25) is 0 Å². The Morgan fingerprint density at radius 3 is 2.53 bits per heavy atom. The molecular formula is C8H18ClNO4S. The van der Waals surface area contributed by atoms with E-state index in [9.17, 15) is 8.42 Å². The third kappa shape index (κ3) is 10.4. The van der Waals surface area contributed by atoms with Crippen molar-refractivity contribution < 1.29 is 17.9 Å². The maximum Gasteiger partial charge on any atom is 0.225 e. The molecule has 0 fully saturated rings. The molecule has 0 aliphatic carbocycles. The largest absolute Gasteiger partial charge is 0.382 e. The number of sulfonamides is 1. The Bertz CT molecular complexity index is 233. The fraction of sp³-hybridized carbons (Fsp3) is 1.00. The molecule has 5 nitrogen and oxygen atoms in total. The summed E-state index contributed by atoms with van der Waals surface area (Å²) in [4.78, 5) is 0. The summed E-state index contributed by atoms with van der Waals surface area (Å²) in [6.07, 6.45) is 1.55. The average molecular weight is 260 g/mol. The van der Waals surface area contributed by atoms with Gasteiger partial charge in [-0.05, 0) is 12.8 Å². The van der Waals surface area contributed by atoms with Gasteiger partial charge < -0.3 is 9.47 Å². The standard InChI is InChI=1S/C8H18ClNO4S/c1-13-6-7-14-5-3-2-4-10-15(11,12)8-9/h10H,2-8H2,1H3. The zero-order valence-electron chi connectivity index (χ0n) is 8.87. The maximum atomic E-state index is 10.9. The van der Waals surface area contributed by atoms with Crippen LogP contribution in [0.4, 0.5) is 0 Å². The van der Waals surface area contributed by atoms with Crippen LogP contribution < -0.4 is 4.72 Å². The number of nitrogens with one attached hydrogen (secondary N) is 1. The molecule has 0 amide bonds. The Balaban J connectivity index is 3.19. The van der Waals surface area contributed by atoms with Crippen LogP contribution in [0.15, 0.2) is 0 Å². The molecule has 0 spiro atoms. The van der Waals surface area contributed by atoms with Crippen LogP contribution in [0.1, 0.15) is 12.8 Å². The van der Waals surface area contributed by atoms with E-state index in [1.54, 1.807) is 7.11 Å². The number of unbranched alkanes of at least 4 members (excludes halogenated alkanes) is 1. The van der Waals surface area contributed by atoms with Crippen LogP contribution in [0.3, 0.4) is 0 Å². The van der Waals surface area contributed by atoms with E-state index in [1.807, 2.05) is 0 Å². The lowest BCUT2D eigenvalue weighted by molar-refractivity contribution is 0.0689. The van der Waals surface area contributed by atoms with Crippen molar-refractivity contribution in [1.29, 1.82) is 0 Å². The van der Waals surface area contributed by atoms with Crippen molar-refractivity contribution >= 4 is 21.6 Å². The van der Waals surface area contributed by atoms with Gasteiger partial charge in [-0.2, -0.15) is 0 Å². The highest BCUT2D eigenvalue weighted by atomic mass is 35.5. The Hall–Kier alpha value is 0.120. The van der Waals surface area contributed by atoms with Gasteiger partial charge in [0.15, 0.2) is 0 Å². The molecule has 0 saturated heterocycles. The van der Waals surface area contributed by atoms with Crippen LogP contribution in [0, 0.1) is 0 Å². The highest BCUT2D eigenvalue weighted by Gasteiger charge is 2.05. The molecule has 0 bridgehead atoms. The summed E-state index contributed by atoms with van der Waals surface area (Å²) in [6.45, 7) is 2.18. The Morgan fingerprint density at radius 1 is 1.20 bits per heavy atom. The normalized spacial score (nSPS) is 11.9. The summed E-state index contributed by atoms with van der Waals surface area (Å²) in [5.74, 6) is 0. The highest BCUT2D eigenvalue weighted by molar-refractivity contribution is 7.90. The van der Waals surface area contributed by atoms with E-state index < -0.39 is 15.2 Å². The van der Waals surface area contributed by atoms with Gasteiger partial charge in [-0.1, -0.05) is 0 Å². The molecular weight excluding hydrogens is 242 g/mol. The quantitative estimate of drug-likeness (QED) is 0.460. The van der Waals surface area contributed by atoms with Gasteiger partial charge in [-0.15, -0.1) is 11.6 Å². The molecule has 0 atom stereocenters. The van der Waals surface area contributed by atoms with Crippen LogP contribution in [-0.4, -0.2) is 47.1 Å². The van der Waals surface area contributed by atoms with Crippen molar-refractivity contribution in [3.63, 3.8) is 0 Å². The number of ether oxygens (including phenoxy) is 2. The van der Waals surface area contributed by atoms with Gasteiger partial charge in [0.1, 0.15) is 5.21 Å². The molecule has 0 aromatic rings. The molecule has 0 aliphatic heterocycles. The molecule has 7 heteroatoms. The minimum absolute atomic E-state index is 0.392. The zero-order valence-corrected chi connectivity index (χ0v) is 10.4. The van der Waals surface area contributed by atoms with Crippen molar-refractivity contribution in [3.05, 3.63) is 0 Å². The third-order valence-corrected chi connectivity index (χ3v) is 3.41. The van der Waals surface area contributed by atoms with E-state index in [0.717, 1.165) is 12.8 Å². The van der Waals surface area contributed by atoms with Gasteiger partial charge in [-0.25, -0.2) is 13.1 Å². The highest BCUT2D eigenvalue weighted by Crippen LogP contribution is 1.92. The van der Waals surface area contributed by atoms with Crippen LogP contribution in [0.25, 0.3) is 0 Å². The van der Waals surface area contributed by atoms with Gasteiger partial charge in [0.25, 0.3) is 0 Å². The minimum atomic E-state index is -3.27. The van der Waals surface area contributed by atoms with E-state index in [4.69, 9.17) is 21.1 Å². The number of hydrogen-bond acceptors (Lipinski definition) is 4. The number of rotatable bonds is 10. The molecule has 0 heterocycles. The molecule has 0 aliphatic rings. The van der Waals surface area contributed by atoms with Gasteiger partial charge in [0.2, 0.25) is 10.0 Å². The molecule has 0 radical (unpaired) electrons. The zero-order chi connectivity index (χ0) is 11.6. The van der Waals surface area contributed by atoms with Crippen LogP contribution in [0.5, 0.6) is 0 Å². The lowest BCUT2D eigenvalue weighted by Crippen LogP contribution is -2.25. The first kappa shape index (κ1) is 15.1. The van der Waals surface area contributed by atoms with Gasteiger partial charge in [0, 0.05) is 20.3 Å².